The standard InChI is InChI=1S/C23H24N2O3/c1-15-23-20(19-6-4-5-7-21(19)24-23)10-11-25(15)22(26)9-8-16-12-17(27-2)14-18(13-16)28-3/h4-9,12-15,24H,10-11H2,1-3H3/b9-8+. The van der Waals surface area contributed by atoms with Crippen molar-refractivity contribution in [3.63, 3.8) is 0 Å². The van der Waals surface area contributed by atoms with E-state index in [1.54, 1.807) is 26.4 Å². The molecule has 0 spiro atoms. The second-order valence-electron chi connectivity index (χ2n) is 7.00. The van der Waals surface area contributed by atoms with Gasteiger partial charge in [-0.05, 0) is 48.7 Å². The number of fused-ring (bicyclic) bond motifs is 3. The van der Waals surface area contributed by atoms with E-state index < -0.39 is 0 Å². The number of ether oxygens (including phenoxy) is 2. The van der Waals surface area contributed by atoms with Crippen LogP contribution in [0.4, 0.5) is 0 Å². The van der Waals surface area contributed by atoms with Crippen LogP contribution < -0.4 is 9.47 Å². The number of benzene rings is 2. The molecule has 1 N–H and O–H groups in total. The number of amides is 1. The molecule has 0 bridgehead atoms. The van der Waals surface area contributed by atoms with Gasteiger partial charge in [-0.25, -0.2) is 0 Å². The summed E-state index contributed by atoms with van der Waals surface area (Å²) in [4.78, 5) is 18.3. The molecule has 1 atom stereocenters. The Balaban J connectivity index is 1.57. The van der Waals surface area contributed by atoms with E-state index >= 15 is 0 Å². The summed E-state index contributed by atoms with van der Waals surface area (Å²) in [7, 11) is 3.22. The normalized spacial score (nSPS) is 16.4. The summed E-state index contributed by atoms with van der Waals surface area (Å²) in [5.74, 6) is 1.39. The molecular weight excluding hydrogens is 352 g/mol. The predicted octanol–water partition coefficient (Wildman–Crippen LogP) is 4.34. The molecule has 4 rings (SSSR count). The molecule has 1 aliphatic rings. The highest BCUT2D eigenvalue weighted by Gasteiger charge is 2.29. The summed E-state index contributed by atoms with van der Waals surface area (Å²) in [6, 6.07) is 13.9. The highest BCUT2D eigenvalue weighted by atomic mass is 16.5. The van der Waals surface area contributed by atoms with Crippen LogP contribution in [-0.2, 0) is 11.2 Å². The number of rotatable bonds is 4. The van der Waals surface area contributed by atoms with Gasteiger partial charge in [0.05, 0.1) is 20.3 Å². The first-order valence-corrected chi connectivity index (χ1v) is 9.42. The molecule has 0 saturated carbocycles. The maximum atomic E-state index is 12.9. The van der Waals surface area contributed by atoms with Crippen molar-refractivity contribution in [2.24, 2.45) is 0 Å². The number of aromatic amines is 1. The van der Waals surface area contributed by atoms with Crippen LogP contribution in [-0.4, -0.2) is 36.6 Å². The van der Waals surface area contributed by atoms with E-state index in [2.05, 4.69) is 30.1 Å². The number of nitrogens with one attached hydrogen (secondary N) is 1. The third-order valence-electron chi connectivity index (χ3n) is 5.41. The second kappa shape index (κ2) is 7.43. The van der Waals surface area contributed by atoms with Crippen LogP contribution in [0.2, 0.25) is 0 Å². The van der Waals surface area contributed by atoms with Crippen molar-refractivity contribution in [1.29, 1.82) is 0 Å². The van der Waals surface area contributed by atoms with Gasteiger partial charge in [-0.3, -0.25) is 4.79 Å². The molecular formula is C23H24N2O3. The SMILES string of the molecule is COc1cc(/C=C/C(=O)N2CCc3c([nH]c4ccccc34)C2C)cc(OC)c1. The topological polar surface area (TPSA) is 54.6 Å². The highest BCUT2D eigenvalue weighted by Crippen LogP contribution is 2.34. The Morgan fingerprint density at radius 2 is 1.86 bits per heavy atom. The van der Waals surface area contributed by atoms with Crippen LogP contribution in [0.5, 0.6) is 11.5 Å². The van der Waals surface area contributed by atoms with Crippen molar-refractivity contribution in [2.45, 2.75) is 19.4 Å². The fourth-order valence-electron chi connectivity index (χ4n) is 3.92. The van der Waals surface area contributed by atoms with E-state index in [0.717, 1.165) is 23.2 Å². The van der Waals surface area contributed by atoms with E-state index in [1.807, 2.05) is 29.2 Å². The number of methoxy groups -OCH3 is 2. The Morgan fingerprint density at radius 1 is 1.14 bits per heavy atom. The Morgan fingerprint density at radius 3 is 2.57 bits per heavy atom. The first-order chi connectivity index (χ1) is 13.6. The third kappa shape index (κ3) is 3.24. The summed E-state index contributed by atoms with van der Waals surface area (Å²) >= 11 is 0. The van der Waals surface area contributed by atoms with Crippen LogP contribution in [0.1, 0.15) is 29.8 Å². The van der Waals surface area contributed by atoms with Crippen LogP contribution in [0, 0.1) is 0 Å². The molecule has 28 heavy (non-hydrogen) atoms. The van der Waals surface area contributed by atoms with Crippen molar-refractivity contribution in [3.05, 3.63) is 65.4 Å². The van der Waals surface area contributed by atoms with Crippen LogP contribution in [0.3, 0.4) is 0 Å². The highest BCUT2D eigenvalue weighted by molar-refractivity contribution is 5.93. The number of aromatic nitrogens is 1. The van der Waals surface area contributed by atoms with Gasteiger partial charge in [0.2, 0.25) is 5.91 Å². The molecule has 5 heteroatoms. The number of hydrogen-bond donors (Lipinski definition) is 1. The molecule has 1 amide bonds. The maximum absolute atomic E-state index is 12.9. The van der Waals surface area contributed by atoms with Gasteiger partial charge in [0.15, 0.2) is 0 Å². The monoisotopic (exact) mass is 376 g/mol. The molecule has 1 aromatic heterocycles. The van der Waals surface area contributed by atoms with Gasteiger partial charge in [0, 0.05) is 35.3 Å². The summed E-state index contributed by atoms with van der Waals surface area (Å²) in [5.41, 5.74) is 4.46. The molecule has 1 aliphatic heterocycles. The van der Waals surface area contributed by atoms with Crippen molar-refractivity contribution in [3.8, 4) is 11.5 Å². The summed E-state index contributed by atoms with van der Waals surface area (Å²) in [6.07, 6.45) is 4.29. The zero-order valence-corrected chi connectivity index (χ0v) is 16.4. The maximum Gasteiger partial charge on any atom is 0.247 e. The lowest BCUT2D eigenvalue weighted by atomic mass is 9.98. The number of carbonyl (C=O) groups is 1. The molecule has 3 aromatic rings. The average Bonchev–Trinajstić information content (AvgIpc) is 3.11. The van der Waals surface area contributed by atoms with Crippen molar-refractivity contribution in [2.75, 3.05) is 20.8 Å². The number of nitrogens with zero attached hydrogens (tertiary/aromatic N) is 1. The lowest BCUT2D eigenvalue weighted by Gasteiger charge is -2.32. The molecule has 144 valence electrons. The fourth-order valence-corrected chi connectivity index (χ4v) is 3.92. The molecule has 0 radical (unpaired) electrons. The number of hydrogen-bond acceptors (Lipinski definition) is 3. The zero-order valence-electron chi connectivity index (χ0n) is 16.4. The predicted molar refractivity (Wildman–Crippen MR) is 111 cm³/mol. The van der Waals surface area contributed by atoms with Gasteiger partial charge in [-0.15, -0.1) is 0 Å². The Kier molecular flexibility index (Phi) is 4.82. The smallest absolute Gasteiger partial charge is 0.247 e. The van der Waals surface area contributed by atoms with Crippen LogP contribution in [0.15, 0.2) is 48.5 Å². The molecule has 2 heterocycles. The van der Waals surface area contributed by atoms with Gasteiger partial charge in [-0.2, -0.15) is 0 Å². The Hall–Kier alpha value is -3.21. The minimum Gasteiger partial charge on any atom is -0.497 e. The van der Waals surface area contributed by atoms with E-state index in [4.69, 9.17) is 9.47 Å². The fraction of sp³-hybridized carbons (Fsp3) is 0.261. The number of carbonyl (C=O) groups excluding carboxylic acids is 1. The van der Waals surface area contributed by atoms with Gasteiger partial charge in [0.25, 0.3) is 0 Å². The van der Waals surface area contributed by atoms with Crippen molar-refractivity contribution >= 4 is 22.9 Å². The van der Waals surface area contributed by atoms with E-state index in [1.165, 1.54) is 10.9 Å². The largest absolute Gasteiger partial charge is 0.497 e. The van der Waals surface area contributed by atoms with E-state index in [-0.39, 0.29) is 11.9 Å². The van der Waals surface area contributed by atoms with Gasteiger partial charge in [-0.1, -0.05) is 18.2 Å². The van der Waals surface area contributed by atoms with Crippen molar-refractivity contribution in [1.82, 2.24) is 9.88 Å². The van der Waals surface area contributed by atoms with Gasteiger partial charge >= 0.3 is 0 Å². The summed E-state index contributed by atoms with van der Waals surface area (Å²) < 4.78 is 10.6. The molecule has 2 aromatic carbocycles. The first-order valence-electron chi connectivity index (χ1n) is 9.42. The molecule has 0 saturated heterocycles. The first kappa shape index (κ1) is 18.2. The van der Waals surface area contributed by atoms with E-state index in [9.17, 15) is 4.79 Å². The summed E-state index contributed by atoms with van der Waals surface area (Å²) in [5, 5.41) is 1.26. The van der Waals surface area contributed by atoms with Crippen LogP contribution in [0.25, 0.3) is 17.0 Å². The average molecular weight is 376 g/mol. The minimum atomic E-state index is -0.00130. The quantitative estimate of drug-likeness (QED) is 0.689. The zero-order chi connectivity index (χ0) is 19.7. The van der Waals surface area contributed by atoms with Crippen molar-refractivity contribution < 1.29 is 14.3 Å². The molecule has 1 unspecified atom stereocenters. The third-order valence-corrected chi connectivity index (χ3v) is 5.41. The number of para-hydroxylation sites is 1. The lowest BCUT2D eigenvalue weighted by molar-refractivity contribution is -0.128. The minimum absolute atomic E-state index is 0.00130. The van der Waals surface area contributed by atoms with Crippen LogP contribution >= 0.6 is 0 Å². The summed E-state index contributed by atoms with van der Waals surface area (Å²) in [6.45, 7) is 2.79. The van der Waals surface area contributed by atoms with Gasteiger partial charge < -0.3 is 19.4 Å². The second-order valence-corrected chi connectivity index (χ2v) is 7.00. The molecule has 5 nitrogen and oxygen atoms in total. The molecule has 0 aliphatic carbocycles. The Bertz CT molecular complexity index is 1030. The number of H-pyrrole nitrogens is 1. The lowest BCUT2D eigenvalue weighted by Crippen LogP contribution is -2.37. The van der Waals surface area contributed by atoms with Gasteiger partial charge in [0.1, 0.15) is 11.5 Å². The Labute approximate surface area is 164 Å². The molecule has 0 fully saturated rings. The van der Waals surface area contributed by atoms with E-state index in [0.29, 0.717) is 18.0 Å².